The van der Waals surface area contributed by atoms with Crippen LogP contribution in [0.3, 0.4) is 0 Å². The molecule has 0 amide bonds. The normalized spacial score (nSPS) is 36.9. The van der Waals surface area contributed by atoms with E-state index in [0.29, 0.717) is 0 Å². The monoisotopic (exact) mass is 516 g/mol. The van der Waals surface area contributed by atoms with Crippen molar-refractivity contribution in [3.8, 4) is 0 Å². The predicted molar refractivity (Wildman–Crippen MR) is 165 cm³/mol. The molecule has 0 radical (unpaired) electrons. The van der Waals surface area contributed by atoms with Crippen molar-refractivity contribution in [1.29, 1.82) is 0 Å². The van der Waals surface area contributed by atoms with Crippen molar-refractivity contribution in [3.63, 3.8) is 0 Å². The molecule has 7 atom stereocenters. The van der Waals surface area contributed by atoms with Crippen LogP contribution in [0.5, 0.6) is 0 Å². The van der Waals surface area contributed by atoms with Crippen LogP contribution in [0.15, 0.2) is 0 Å². The van der Waals surface area contributed by atoms with E-state index < -0.39 is 0 Å². The Kier molecular flexibility index (Phi) is 16.3. The Balaban J connectivity index is 1.48. The van der Waals surface area contributed by atoms with Crippen LogP contribution in [0, 0.1) is 35.5 Å². The maximum atomic E-state index is 3.80. The van der Waals surface area contributed by atoms with Gasteiger partial charge >= 0.3 is 0 Å². The molecule has 1 nitrogen and oxygen atoms in total. The Morgan fingerprint density at radius 1 is 0.486 bits per heavy atom. The summed E-state index contributed by atoms with van der Waals surface area (Å²) in [5, 5.41) is 3.80. The van der Waals surface area contributed by atoms with Gasteiger partial charge < -0.3 is 5.32 Å². The van der Waals surface area contributed by atoms with Gasteiger partial charge in [-0.25, -0.2) is 0 Å². The van der Waals surface area contributed by atoms with Gasteiger partial charge in [0.2, 0.25) is 0 Å². The maximum Gasteiger partial charge on any atom is 0.00387 e. The van der Waals surface area contributed by atoms with Crippen LogP contribution in [-0.4, -0.2) is 12.6 Å². The fourth-order valence-corrected chi connectivity index (χ4v) is 9.07. The van der Waals surface area contributed by atoms with Gasteiger partial charge in [0.15, 0.2) is 0 Å². The lowest BCUT2D eigenvalue weighted by Gasteiger charge is -2.44. The first kappa shape index (κ1) is 31.5. The first-order chi connectivity index (χ1) is 18.2. The highest BCUT2D eigenvalue weighted by molar-refractivity contribution is 4.98. The molecule has 3 fully saturated rings. The zero-order chi connectivity index (χ0) is 26.1. The standard InChI is InChI=1S/C36H69N/c1-4-19-31-22-16-12-9-10-14-18-28-37-30(3)21-15-11-7-6-8-13-17-23-34-29-35-27-26-33(36(34)35)25-24-32(31)20-5-2/h30-37H,4-29H2,1-3H3/t30-,31?,32?,33?,34?,35?,36?/m1/s1. The van der Waals surface area contributed by atoms with Gasteiger partial charge in [-0.2, -0.15) is 0 Å². The molecule has 2 aliphatic carbocycles. The van der Waals surface area contributed by atoms with Crippen molar-refractivity contribution in [2.45, 2.75) is 187 Å². The smallest absolute Gasteiger partial charge is 0.00387 e. The fourth-order valence-electron chi connectivity index (χ4n) is 9.07. The largest absolute Gasteiger partial charge is 0.314 e. The van der Waals surface area contributed by atoms with Crippen LogP contribution in [0.1, 0.15) is 181 Å². The van der Waals surface area contributed by atoms with Crippen molar-refractivity contribution < 1.29 is 0 Å². The van der Waals surface area contributed by atoms with Crippen LogP contribution >= 0.6 is 0 Å². The Hall–Kier alpha value is -0.0400. The van der Waals surface area contributed by atoms with Gasteiger partial charge in [-0.05, 0) is 93.9 Å². The Labute approximate surface area is 234 Å². The summed E-state index contributed by atoms with van der Waals surface area (Å²) < 4.78 is 0. The van der Waals surface area contributed by atoms with Gasteiger partial charge in [0.25, 0.3) is 0 Å². The molecule has 1 aliphatic heterocycles. The van der Waals surface area contributed by atoms with Gasteiger partial charge in [-0.1, -0.05) is 129 Å². The van der Waals surface area contributed by atoms with Crippen LogP contribution in [-0.2, 0) is 0 Å². The number of hydrogen-bond donors (Lipinski definition) is 1. The number of rotatable bonds is 4. The highest BCUT2D eigenvalue weighted by Crippen LogP contribution is 2.57. The summed E-state index contributed by atoms with van der Waals surface area (Å²) in [6, 6.07) is 0.718. The summed E-state index contributed by atoms with van der Waals surface area (Å²) >= 11 is 0. The average molecular weight is 516 g/mol. The Morgan fingerprint density at radius 3 is 1.65 bits per heavy atom. The highest BCUT2D eigenvalue weighted by Gasteiger charge is 2.48. The van der Waals surface area contributed by atoms with Gasteiger partial charge in [0.1, 0.15) is 0 Å². The van der Waals surface area contributed by atoms with E-state index in [1.54, 1.807) is 38.5 Å². The molecular weight excluding hydrogens is 446 g/mol. The van der Waals surface area contributed by atoms with E-state index in [1.165, 1.54) is 129 Å². The summed E-state index contributed by atoms with van der Waals surface area (Å²) in [5.74, 6) is 6.52. The summed E-state index contributed by atoms with van der Waals surface area (Å²) in [5.41, 5.74) is 0. The third-order valence-corrected chi connectivity index (χ3v) is 11.2. The molecule has 0 aromatic rings. The molecule has 0 aromatic carbocycles. The van der Waals surface area contributed by atoms with E-state index in [0.717, 1.165) is 41.5 Å². The fraction of sp³-hybridized carbons (Fsp3) is 1.00. The van der Waals surface area contributed by atoms with E-state index in [2.05, 4.69) is 26.1 Å². The van der Waals surface area contributed by atoms with Crippen molar-refractivity contribution in [1.82, 2.24) is 5.32 Å². The van der Waals surface area contributed by atoms with Gasteiger partial charge in [0.05, 0.1) is 0 Å². The lowest BCUT2D eigenvalue weighted by molar-refractivity contribution is 0.0516. The van der Waals surface area contributed by atoms with Crippen molar-refractivity contribution in [3.05, 3.63) is 0 Å². The summed E-state index contributed by atoms with van der Waals surface area (Å²) in [4.78, 5) is 0. The third kappa shape index (κ3) is 11.5. The molecule has 6 unspecified atom stereocenters. The zero-order valence-electron chi connectivity index (χ0n) is 25.9. The van der Waals surface area contributed by atoms with E-state index in [1.807, 2.05) is 0 Å². The molecular formula is C36H69N. The van der Waals surface area contributed by atoms with Crippen molar-refractivity contribution in [2.24, 2.45) is 35.5 Å². The Bertz CT molecular complexity index is 543. The molecule has 3 aliphatic rings. The maximum absolute atomic E-state index is 3.80. The molecule has 1 heteroatoms. The summed E-state index contributed by atoms with van der Waals surface area (Å²) in [6.07, 6.45) is 37.3. The first-order valence-electron chi connectivity index (χ1n) is 18.0. The van der Waals surface area contributed by atoms with Crippen molar-refractivity contribution >= 4 is 0 Å². The second-order valence-electron chi connectivity index (χ2n) is 14.2. The minimum absolute atomic E-state index is 0.718. The molecule has 1 N–H and O–H groups in total. The second kappa shape index (κ2) is 19.1. The second-order valence-corrected chi connectivity index (χ2v) is 14.2. The summed E-state index contributed by atoms with van der Waals surface area (Å²) in [6.45, 7) is 8.53. The van der Waals surface area contributed by atoms with Crippen molar-refractivity contribution in [2.75, 3.05) is 6.54 Å². The third-order valence-electron chi connectivity index (χ3n) is 11.2. The zero-order valence-corrected chi connectivity index (χ0v) is 25.9. The molecule has 1 saturated heterocycles. The van der Waals surface area contributed by atoms with Gasteiger partial charge in [0, 0.05) is 6.04 Å². The molecule has 2 saturated carbocycles. The van der Waals surface area contributed by atoms with Gasteiger partial charge in [-0.15, -0.1) is 0 Å². The molecule has 218 valence electrons. The van der Waals surface area contributed by atoms with Crippen LogP contribution in [0.25, 0.3) is 0 Å². The highest BCUT2D eigenvalue weighted by atomic mass is 14.9. The number of nitrogens with one attached hydrogen (secondary N) is 1. The van der Waals surface area contributed by atoms with Crippen LogP contribution in [0.4, 0.5) is 0 Å². The average Bonchev–Trinajstić information content (AvgIpc) is 3.20. The minimum atomic E-state index is 0.718. The predicted octanol–water partition coefficient (Wildman–Crippen LogP) is 11.5. The van der Waals surface area contributed by atoms with E-state index in [4.69, 9.17) is 0 Å². The molecule has 0 bridgehead atoms. The number of hydrogen-bond acceptors (Lipinski definition) is 1. The molecule has 3 rings (SSSR count). The van der Waals surface area contributed by atoms with E-state index in [-0.39, 0.29) is 0 Å². The molecule has 37 heavy (non-hydrogen) atoms. The molecule has 0 aromatic heterocycles. The molecule has 0 spiro atoms. The minimum Gasteiger partial charge on any atom is -0.314 e. The topological polar surface area (TPSA) is 12.0 Å². The van der Waals surface area contributed by atoms with Crippen LogP contribution < -0.4 is 5.32 Å². The summed E-state index contributed by atoms with van der Waals surface area (Å²) in [7, 11) is 0. The van der Waals surface area contributed by atoms with E-state index >= 15 is 0 Å². The van der Waals surface area contributed by atoms with E-state index in [9.17, 15) is 0 Å². The first-order valence-corrected chi connectivity index (χ1v) is 18.0. The lowest BCUT2D eigenvalue weighted by atomic mass is 9.61. The molecule has 1 heterocycles. The SMILES string of the molecule is CCCC1CCCCCCCCN[C@H](C)CCCCCCCCCC2CC3CCC(CCC1CCC)C23. The van der Waals surface area contributed by atoms with Gasteiger partial charge in [-0.3, -0.25) is 0 Å². The van der Waals surface area contributed by atoms with Crippen LogP contribution in [0.2, 0.25) is 0 Å². The lowest BCUT2D eigenvalue weighted by Crippen LogP contribution is -2.36. The Morgan fingerprint density at radius 2 is 0.973 bits per heavy atom. The quantitative estimate of drug-likeness (QED) is 0.392.